The first-order valence-corrected chi connectivity index (χ1v) is 6.60. The van der Waals surface area contributed by atoms with Crippen LogP contribution < -0.4 is 11.1 Å². The van der Waals surface area contributed by atoms with Gasteiger partial charge in [-0.15, -0.1) is 0 Å². The van der Waals surface area contributed by atoms with Crippen LogP contribution in [0, 0.1) is 5.92 Å². The second-order valence-corrected chi connectivity index (χ2v) is 5.11. The molecule has 5 heteroatoms. The van der Waals surface area contributed by atoms with Gasteiger partial charge in [-0.2, -0.15) is 0 Å². The lowest BCUT2D eigenvalue weighted by molar-refractivity contribution is 0.0699. The largest absolute Gasteiger partial charge is 0.383 e. The van der Waals surface area contributed by atoms with Gasteiger partial charge in [-0.05, 0) is 24.7 Å². The van der Waals surface area contributed by atoms with Gasteiger partial charge in [0.2, 0.25) is 0 Å². The van der Waals surface area contributed by atoms with E-state index >= 15 is 0 Å². The maximum absolute atomic E-state index is 5.92. The Hall–Kier alpha value is -1.36. The van der Waals surface area contributed by atoms with Crippen molar-refractivity contribution in [2.45, 2.75) is 32.6 Å². The highest BCUT2D eigenvalue weighted by Gasteiger charge is 2.16. The minimum atomic E-state index is 0.323. The summed E-state index contributed by atoms with van der Waals surface area (Å²) in [6, 6.07) is 0. The first-order valence-electron chi connectivity index (χ1n) is 6.60. The molecule has 0 bridgehead atoms. The van der Waals surface area contributed by atoms with E-state index in [0.29, 0.717) is 17.7 Å². The van der Waals surface area contributed by atoms with Crippen molar-refractivity contribution in [1.82, 2.24) is 9.97 Å². The summed E-state index contributed by atoms with van der Waals surface area (Å²) in [5.74, 6) is 2.44. The fourth-order valence-corrected chi connectivity index (χ4v) is 2.31. The van der Waals surface area contributed by atoms with Crippen LogP contribution in [-0.2, 0) is 4.74 Å². The van der Waals surface area contributed by atoms with E-state index in [1.165, 1.54) is 6.33 Å². The normalized spacial score (nSPS) is 17.1. The number of nitrogens with one attached hydrogen (secondary N) is 1. The second kappa shape index (κ2) is 6.00. The number of rotatable bonds is 4. The molecule has 1 aliphatic heterocycles. The Morgan fingerprint density at radius 1 is 1.39 bits per heavy atom. The number of anilines is 2. The topological polar surface area (TPSA) is 73.1 Å². The van der Waals surface area contributed by atoms with Crippen molar-refractivity contribution in [2.24, 2.45) is 5.92 Å². The summed E-state index contributed by atoms with van der Waals surface area (Å²) in [7, 11) is 0. The molecule has 100 valence electrons. The van der Waals surface area contributed by atoms with Crippen LogP contribution in [0.1, 0.15) is 38.2 Å². The quantitative estimate of drug-likeness (QED) is 0.855. The number of nitrogen functional groups attached to an aromatic ring is 1. The summed E-state index contributed by atoms with van der Waals surface area (Å²) in [4.78, 5) is 8.37. The fourth-order valence-electron chi connectivity index (χ4n) is 2.31. The average molecular weight is 250 g/mol. The zero-order chi connectivity index (χ0) is 13.0. The van der Waals surface area contributed by atoms with Crippen molar-refractivity contribution in [3.8, 4) is 0 Å². The maximum Gasteiger partial charge on any atom is 0.134 e. The summed E-state index contributed by atoms with van der Waals surface area (Å²) in [5, 5.41) is 3.42. The summed E-state index contributed by atoms with van der Waals surface area (Å²) in [5.41, 5.74) is 6.94. The standard InChI is InChI=1S/C13H22N4O/c1-9(2)11-12(14)16-8-17-13(11)15-7-10-3-5-18-6-4-10/h8-10H,3-7H2,1-2H3,(H3,14,15,16,17). The Balaban J connectivity index is 2.02. The van der Waals surface area contributed by atoms with Gasteiger partial charge >= 0.3 is 0 Å². The van der Waals surface area contributed by atoms with Gasteiger partial charge in [0.05, 0.1) is 0 Å². The van der Waals surface area contributed by atoms with Gasteiger partial charge in [-0.25, -0.2) is 9.97 Å². The molecule has 0 atom stereocenters. The Bertz CT molecular complexity index is 389. The van der Waals surface area contributed by atoms with Gasteiger partial charge in [-0.3, -0.25) is 0 Å². The van der Waals surface area contributed by atoms with Crippen molar-refractivity contribution in [1.29, 1.82) is 0 Å². The zero-order valence-electron chi connectivity index (χ0n) is 11.1. The maximum atomic E-state index is 5.92. The van der Waals surface area contributed by atoms with Crippen molar-refractivity contribution >= 4 is 11.6 Å². The fraction of sp³-hybridized carbons (Fsp3) is 0.692. The van der Waals surface area contributed by atoms with Gasteiger partial charge < -0.3 is 15.8 Å². The number of aromatic nitrogens is 2. The third-order valence-electron chi connectivity index (χ3n) is 3.39. The van der Waals surface area contributed by atoms with E-state index in [-0.39, 0.29) is 0 Å². The summed E-state index contributed by atoms with van der Waals surface area (Å²) >= 11 is 0. The van der Waals surface area contributed by atoms with E-state index in [2.05, 4.69) is 29.1 Å². The second-order valence-electron chi connectivity index (χ2n) is 5.11. The number of hydrogen-bond donors (Lipinski definition) is 2. The van der Waals surface area contributed by atoms with Gasteiger partial charge in [0, 0.05) is 25.3 Å². The minimum absolute atomic E-state index is 0.323. The van der Waals surface area contributed by atoms with Crippen LogP contribution in [0.25, 0.3) is 0 Å². The molecule has 0 radical (unpaired) electrons. The van der Waals surface area contributed by atoms with Crippen LogP contribution in [0.2, 0.25) is 0 Å². The van der Waals surface area contributed by atoms with Crippen molar-refractivity contribution in [3.05, 3.63) is 11.9 Å². The van der Waals surface area contributed by atoms with Crippen molar-refractivity contribution in [3.63, 3.8) is 0 Å². The smallest absolute Gasteiger partial charge is 0.134 e. The lowest BCUT2D eigenvalue weighted by Crippen LogP contribution is -2.23. The van der Waals surface area contributed by atoms with E-state index in [1.807, 2.05) is 0 Å². The van der Waals surface area contributed by atoms with Gasteiger partial charge in [0.1, 0.15) is 18.0 Å². The van der Waals surface area contributed by atoms with Crippen LogP contribution in [0.3, 0.4) is 0 Å². The monoisotopic (exact) mass is 250 g/mol. The first-order chi connectivity index (χ1) is 8.68. The highest BCUT2D eigenvalue weighted by Crippen LogP contribution is 2.26. The third-order valence-corrected chi connectivity index (χ3v) is 3.39. The van der Waals surface area contributed by atoms with Crippen LogP contribution in [0.5, 0.6) is 0 Å². The molecule has 18 heavy (non-hydrogen) atoms. The molecule has 0 amide bonds. The molecule has 1 saturated heterocycles. The Morgan fingerprint density at radius 3 is 2.78 bits per heavy atom. The molecular weight excluding hydrogens is 228 g/mol. The van der Waals surface area contributed by atoms with E-state index in [0.717, 1.165) is 44.0 Å². The predicted molar refractivity (Wildman–Crippen MR) is 72.6 cm³/mol. The first kappa shape index (κ1) is 13.1. The van der Waals surface area contributed by atoms with E-state index in [1.54, 1.807) is 0 Å². The molecule has 1 fully saturated rings. The molecule has 2 rings (SSSR count). The lowest BCUT2D eigenvalue weighted by Gasteiger charge is -2.23. The molecule has 0 aromatic carbocycles. The van der Waals surface area contributed by atoms with Crippen LogP contribution in [0.15, 0.2) is 6.33 Å². The lowest BCUT2D eigenvalue weighted by atomic mass is 10.00. The van der Waals surface area contributed by atoms with Crippen molar-refractivity contribution < 1.29 is 4.74 Å². The van der Waals surface area contributed by atoms with Gasteiger partial charge in [0.15, 0.2) is 0 Å². The van der Waals surface area contributed by atoms with E-state index < -0.39 is 0 Å². The molecular formula is C13H22N4O. The number of nitrogens with zero attached hydrogens (tertiary/aromatic N) is 2. The Kier molecular flexibility index (Phi) is 4.36. The Morgan fingerprint density at radius 2 is 2.11 bits per heavy atom. The summed E-state index contributed by atoms with van der Waals surface area (Å²) < 4.78 is 5.36. The third kappa shape index (κ3) is 3.10. The highest BCUT2D eigenvalue weighted by atomic mass is 16.5. The zero-order valence-corrected chi connectivity index (χ0v) is 11.1. The molecule has 1 aromatic heterocycles. The highest BCUT2D eigenvalue weighted by molar-refractivity contribution is 5.56. The summed E-state index contributed by atoms with van der Waals surface area (Å²) in [6.07, 6.45) is 3.75. The Labute approximate surface area is 108 Å². The number of nitrogens with two attached hydrogens (primary N) is 1. The SMILES string of the molecule is CC(C)c1c(N)ncnc1NCC1CCOCC1. The molecule has 0 unspecified atom stereocenters. The molecule has 5 nitrogen and oxygen atoms in total. The summed E-state index contributed by atoms with van der Waals surface area (Å²) in [6.45, 7) is 6.88. The predicted octanol–water partition coefficient (Wildman–Crippen LogP) is 2.02. The molecule has 0 saturated carbocycles. The van der Waals surface area contributed by atoms with Gasteiger partial charge in [0.25, 0.3) is 0 Å². The van der Waals surface area contributed by atoms with Crippen LogP contribution in [-0.4, -0.2) is 29.7 Å². The number of ether oxygens (including phenoxy) is 1. The van der Waals surface area contributed by atoms with Crippen LogP contribution >= 0.6 is 0 Å². The molecule has 0 aliphatic carbocycles. The number of hydrogen-bond acceptors (Lipinski definition) is 5. The minimum Gasteiger partial charge on any atom is -0.383 e. The molecule has 0 spiro atoms. The molecule has 1 aromatic rings. The van der Waals surface area contributed by atoms with Crippen molar-refractivity contribution in [2.75, 3.05) is 30.8 Å². The van der Waals surface area contributed by atoms with Gasteiger partial charge in [-0.1, -0.05) is 13.8 Å². The van der Waals surface area contributed by atoms with E-state index in [4.69, 9.17) is 10.5 Å². The van der Waals surface area contributed by atoms with E-state index in [9.17, 15) is 0 Å². The molecule has 3 N–H and O–H groups in total. The molecule has 1 aliphatic rings. The molecule has 2 heterocycles. The van der Waals surface area contributed by atoms with Crippen LogP contribution in [0.4, 0.5) is 11.6 Å². The average Bonchev–Trinajstić information content (AvgIpc) is 2.37.